The molecule has 2 atom stereocenters. The summed E-state index contributed by atoms with van der Waals surface area (Å²) in [5, 5.41) is 8.90. The summed E-state index contributed by atoms with van der Waals surface area (Å²) in [6, 6.07) is 4.80. The molecule has 2 aliphatic rings. The van der Waals surface area contributed by atoms with E-state index in [4.69, 9.17) is 5.26 Å². The number of pyridine rings is 1. The molecular weight excluding hydrogens is 370 g/mol. The van der Waals surface area contributed by atoms with Crippen LogP contribution in [-0.4, -0.2) is 77.2 Å². The number of hydrogen-bond donors (Lipinski definition) is 0. The summed E-state index contributed by atoms with van der Waals surface area (Å²) in [6.45, 7) is 3.16. The maximum atomic E-state index is 13.4. The van der Waals surface area contributed by atoms with Crippen molar-refractivity contribution in [1.82, 2.24) is 19.7 Å². The SMILES string of the molecule is C[C@@H]1N(C(=O)c2ccc(C#N)nc2)CCC[C@@]12CCCN(CC(=O)N(C)C)C2=O. The zero-order valence-corrected chi connectivity index (χ0v) is 17.2. The first-order valence-corrected chi connectivity index (χ1v) is 9.97. The molecule has 154 valence electrons. The van der Waals surface area contributed by atoms with Crippen molar-refractivity contribution >= 4 is 17.7 Å². The number of likely N-dealkylation sites (N-methyl/N-ethyl adjacent to an activating group) is 1. The number of nitriles is 1. The van der Waals surface area contributed by atoms with Gasteiger partial charge in [0.05, 0.1) is 17.5 Å². The second-order valence-electron chi connectivity index (χ2n) is 8.10. The Labute approximate surface area is 171 Å². The normalized spacial score (nSPS) is 24.3. The van der Waals surface area contributed by atoms with Crippen LogP contribution in [0.3, 0.4) is 0 Å². The zero-order chi connectivity index (χ0) is 21.2. The smallest absolute Gasteiger partial charge is 0.255 e. The second kappa shape index (κ2) is 8.19. The van der Waals surface area contributed by atoms with E-state index in [2.05, 4.69) is 4.98 Å². The Morgan fingerprint density at radius 3 is 2.55 bits per heavy atom. The number of piperidine rings is 2. The van der Waals surface area contributed by atoms with Gasteiger partial charge in [-0.2, -0.15) is 5.26 Å². The summed E-state index contributed by atoms with van der Waals surface area (Å²) in [6.07, 6.45) is 4.40. The van der Waals surface area contributed by atoms with Crippen molar-refractivity contribution in [2.24, 2.45) is 5.41 Å². The van der Waals surface area contributed by atoms with Crippen LogP contribution in [0.5, 0.6) is 0 Å². The first-order chi connectivity index (χ1) is 13.8. The van der Waals surface area contributed by atoms with Crippen molar-refractivity contribution in [2.75, 3.05) is 33.7 Å². The number of amides is 3. The van der Waals surface area contributed by atoms with Crippen LogP contribution >= 0.6 is 0 Å². The predicted molar refractivity (Wildman–Crippen MR) is 106 cm³/mol. The lowest BCUT2D eigenvalue weighted by Gasteiger charge is -2.51. The summed E-state index contributed by atoms with van der Waals surface area (Å²) in [7, 11) is 3.36. The summed E-state index contributed by atoms with van der Waals surface area (Å²) < 4.78 is 0. The first-order valence-electron chi connectivity index (χ1n) is 9.97. The van der Waals surface area contributed by atoms with Crippen LogP contribution in [-0.2, 0) is 9.59 Å². The van der Waals surface area contributed by atoms with E-state index >= 15 is 0 Å². The largest absolute Gasteiger partial charge is 0.347 e. The van der Waals surface area contributed by atoms with Crippen molar-refractivity contribution in [1.29, 1.82) is 5.26 Å². The topological polar surface area (TPSA) is 97.6 Å². The third-order valence-electron chi connectivity index (χ3n) is 6.26. The van der Waals surface area contributed by atoms with Crippen molar-refractivity contribution in [3.8, 4) is 6.07 Å². The van der Waals surface area contributed by atoms with Gasteiger partial charge in [-0.15, -0.1) is 0 Å². The van der Waals surface area contributed by atoms with Crippen LogP contribution in [0.2, 0.25) is 0 Å². The van der Waals surface area contributed by atoms with Crippen LogP contribution in [0.25, 0.3) is 0 Å². The minimum atomic E-state index is -0.654. The number of nitrogens with zero attached hydrogens (tertiary/aromatic N) is 5. The van der Waals surface area contributed by atoms with Gasteiger partial charge in [-0.05, 0) is 44.7 Å². The minimum Gasteiger partial charge on any atom is -0.347 e. The summed E-state index contributed by atoms with van der Waals surface area (Å²) in [5.74, 6) is -0.305. The zero-order valence-electron chi connectivity index (χ0n) is 17.2. The van der Waals surface area contributed by atoms with E-state index in [-0.39, 0.29) is 36.0 Å². The van der Waals surface area contributed by atoms with Crippen LogP contribution < -0.4 is 0 Å². The van der Waals surface area contributed by atoms with Gasteiger partial charge < -0.3 is 14.7 Å². The van der Waals surface area contributed by atoms with Gasteiger partial charge in [0.15, 0.2) is 0 Å². The predicted octanol–water partition coefficient (Wildman–Crippen LogP) is 1.27. The average molecular weight is 397 g/mol. The van der Waals surface area contributed by atoms with Gasteiger partial charge in [-0.25, -0.2) is 4.98 Å². The molecule has 1 aromatic heterocycles. The Morgan fingerprint density at radius 2 is 1.97 bits per heavy atom. The third-order valence-corrected chi connectivity index (χ3v) is 6.26. The number of carbonyl (C=O) groups excluding carboxylic acids is 3. The fourth-order valence-electron chi connectivity index (χ4n) is 4.48. The molecule has 0 N–H and O–H groups in total. The molecule has 2 aliphatic heterocycles. The van der Waals surface area contributed by atoms with Gasteiger partial charge in [0.1, 0.15) is 11.8 Å². The Morgan fingerprint density at radius 1 is 1.28 bits per heavy atom. The van der Waals surface area contributed by atoms with E-state index in [1.165, 1.54) is 17.2 Å². The highest BCUT2D eigenvalue weighted by molar-refractivity contribution is 5.95. The van der Waals surface area contributed by atoms with Gasteiger partial charge >= 0.3 is 0 Å². The van der Waals surface area contributed by atoms with Crippen molar-refractivity contribution < 1.29 is 14.4 Å². The van der Waals surface area contributed by atoms with E-state index in [1.807, 2.05) is 13.0 Å². The van der Waals surface area contributed by atoms with E-state index < -0.39 is 5.41 Å². The lowest BCUT2D eigenvalue weighted by atomic mass is 9.67. The fraction of sp³-hybridized carbons (Fsp3) is 0.571. The number of hydrogen-bond acceptors (Lipinski definition) is 5. The van der Waals surface area contributed by atoms with Gasteiger partial charge in [-0.3, -0.25) is 14.4 Å². The van der Waals surface area contributed by atoms with Crippen LogP contribution in [0.15, 0.2) is 18.3 Å². The molecule has 0 saturated carbocycles. The minimum absolute atomic E-state index is 0.0260. The van der Waals surface area contributed by atoms with Crippen molar-refractivity contribution in [3.63, 3.8) is 0 Å². The molecule has 0 radical (unpaired) electrons. The molecule has 2 saturated heterocycles. The van der Waals surface area contributed by atoms with Crippen LogP contribution in [0, 0.1) is 16.7 Å². The molecule has 8 nitrogen and oxygen atoms in total. The van der Waals surface area contributed by atoms with Gasteiger partial charge in [0.2, 0.25) is 11.8 Å². The molecule has 1 spiro atoms. The van der Waals surface area contributed by atoms with Gasteiger partial charge in [0.25, 0.3) is 5.91 Å². The van der Waals surface area contributed by atoms with E-state index in [0.29, 0.717) is 18.7 Å². The number of rotatable bonds is 3. The Hall–Kier alpha value is -2.95. The molecule has 3 rings (SSSR count). The van der Waals surface area contributed by atoms with E-state index in [9.17, 15) is 14.4 Å². The molecule has 0 unspecified atom stereocenters. The lowest BCUT2D eigenvalue weighted by Crippen LogP contribution is -2.62. The maximum absolute atomic E-state index is 13.4. The average Bonchev–Trinajstić information content (AvgIpc) is 2.72. The lowest BCUT2D eigenvalue weighted by molar-refractivity contribution is -0.156. The van der Waals surface area contributed by atoms with Crippen molar-refractivity contribution in [2.45, 2.75) is 38.6 Å². The van der Waals surface area contributed by atoms with Gasteiger partial charge in [0, 0.05) is 39.4 Å². The monoisotopic (exact) mass is 397 g/mol. The van der Waals surface area contributed by atoms with E-state index in [1.54, 1.807) is 30.0 Å². The fourth-order valence-corrected chi connectivity index (χ4v) is 4.48. The molecular formula is C21H27N5O3. The standard InChI is InChI=1S/C21H27N5O3/c1-15-21(8-4-10-25(20(21)29)14-18(27)24(2)3)9-5-11-26(15)19(28)16-6-7-17(12-22)23-13-16/h6-7,13,15H,4-5,8-11,14H2,1-3H3/t15-,21-/m0/s1. The molecule has 3 heterocycles. The third kappa shape index (κ3) is 3.82. The highest BCUT2D eigenvalue weighted by Gasteiger charge is 2.52. The molecule has 0 bridgehead atoms. The number of aromatic nitrogens is 1. The Kier molecular flexibility index (Phi) is 5.87. The van der Waals surface area contributed by atoms with Crippen LogP contribution in [0.1, 0.15) is 48.7 Å². The molecule has 29 heavy (non-hydrogen) atoms. The highest BCUT2D eigenvalue weighted by atomic mass is 16.2. The first kappa shape index (κ1) is 20.8. The summed E-state index contributed by atoms with van der Waals surface area (Å²) >= 11 is 0. The molecule has 8 heteroatoms. The number of carbonyl (C=O) groups is 3. The van der Waals surface area contributed by atoms with E-state index in [0.717, 1.165) is 25.7 Å². The highest BCUT2D eigenvalue weighted by Crippen LogP contribution is 2.44. The molecule has 3 amide bonds. The number of likely N-dealkylation sites (tertiary alicyclic amines) is 2. The van der Waals surface area contributed by atoms with Crippen LogP contribution in [0.4, 0.5) is 0 Å². The summed E-state index contributed by atoms with van der Waals surface area (Å²) in [4.78, 5) is 47.6. The maximum Gasteiger partial charge on any atom is 0.255 e. The molecule has 0 aliphatic carbocycles. The Bertz CT molecular complexity index is 841. The van der Waals surface area contributed by atoms with Crippen molar-refractivity contribution in [3.05, 3.63) is 29.6 Å². The second-order valence-corrected chi connectivity index (χ2v) is 8.10. The summed E-state index contributed by atoms with van der Waals surface area (Å²) in [5.41, 5.74) is 0.0165. The quantitative estimate of drug-likeness (QED) is 0.765. The van der Waals surface area contributed by atoms with Gasteiger partial charge in [-0.1, -0.05) is 0 Å². The molecule has 1 aromatic rings. The Balaban J connectivity index is 1.82. The molecule has 2 fully saturated rings. The molecule has 0 aromatic carbocycles.